The number of alkyl halides is 3. The molecule has 4 rings (SSSR count). The highest BCUT2D eigenvalue weighted by atomic mass is 32.2. The average molecular weight is 453 g/mol. The van der Waals surface area contributed by atoms with Gasteiger partial charge in [-0.05, 0) is 60.9 Å². The van der Waals surface area contributed by atoms with Crippen LogP contribution in [0.3, 0.4) is 0 Å². The third kappa shape index (κ3) is 4.54. The Morgan fingerprint density at radius 1 is 1.06 bits per heavy atom. The summed E-state index contributed by atoms with van der Waals surface area (Å²) in [6.07, 6.45) is 1.04. The smallest absolute Gasteiger partial charge is 0.370 e. The van der Waals surface area contributed by atoms with Crippen LogP contribution in [0.1, 0.15) is 44.6 Å². The van der Waals surface area contributed by atoms with E-state index in [2.05, 4.69) is 11.6 Å². The van der Waals surface area contributed by atoms with Crippen LogP contribution >= 0.6 is 0 Å². The average Bonchev–Trinajstić information content (AvgIpc) is 2.73. The van der Waals surface area contributed by atoms with Crippen LogP contribution in [0, 0.1) is 11.3 Å². The van der Waals surface area contributed by atoms with Gasteiger partial charge in [-0.25, -0.2) is 8.42 Å². The van der Waals surface area contributed by atoms with Crippen LogP contribution in [0.15, 0.2) is 53.4 Å². The lowest BCUT2D eigenvalue weighted by Gasteiger charge is -2.49. The first-order valence-electron chi connectivity index (χ1n) is 10.6. The van der Waals surface area contributed by atoms with E-state index in [1.165, 1.54) is 31.0 Å². The van der Waals surface area contributed by atoms with E-state index < -0.39 is 21.8 Å². The molecule has 2 fully saturated rings. The zero-order valence-corrected chi connectivity index (χ0v) is 18.3. The molecule has 31 heavy (non-hydrogen) atoms. The standard InChI is InChI=1S/C23H27F3N2O2S/c1-22-12-6-5-7-18(22)16-28(14-13-22)21-11-10-17(23(24,25)26)15-20(21)27-31(29,30)19-8-3-2-4-9-19/h2-4,8-11,15,18,27H,5-7,12-14,16H2,1H3/t18-,22-/m0/s1. The Labute approximate surface area is 181 Å². The van der Waals surface area contributed by atoms with Crippen molar-refractivity contribution in [3.05, 3.63) is 54.1 Å². The molecular formula is C23H27F3N2O2S. The van der Waals surface area contributed by atoms with Crippen molar-refractivity contribution < 1.29 is 21.6 Å². The summed E-state index contributed by atoms with van der Waals surface area (Å²) in [7, 11) is -4.02. The lowest BCUT2D eigenvalue weighted by molar-refractivity contribution is -0.137. The fourth-order valence-electron chi connectivity index (χ4n) is 4.95. The van der Waals surface area contributed by atoms with Crippen LogP contribution in [-0.2, 0) is 16.2 Å². The van der Waals surface area contributed by atoms with Crippen LogP contribution < -0.4 is 9.62 Å². The van der Waals surface area contributed by atoms with Crippen LogP contribution in [-0.4, -0.2) is 21.5 Å². The van der Waals surface area contributed by atoms with Crippen molar-refractivity contribution in [3.63, 3.8) is 0 Å². The summed E-state index contributed by atoms with van der Waals surface area (Å²) < 4.78 is 68.3. The molecule has 2 aromatic rings. The number of rotatable bonds is 4. The van der Waals surface area contributed by atoms with Gasteiger partial charge in [-0.3, -0.25) is 4.72 Å². The monoisotopic (exact) mass is 452 g/mol. The number of piperidine rings is 1. The van der Waals surface area contributed by atoms with E-state index in [1.807, 2.05) is 4.90 Å². The molecule has 0 bridgehead atoms. The zero-order valence-electron chi connectivity index (χ0n) is 17.5. The van der Waals surface area contributed by atoms with Crippen molar-refractivity contribution >= 4 is 21.4 Å². The third-order valence-corrected chi connectivity index (χ3v) is 8.27. The van der Waals surface area contributed by atoms with Crippen molar-refractivity contribution in [3.8, 4) is 0 Å². The van der Waals surface area contributed by atoms with E-state index in [0.29, 0.717) is 18.2 Å². The molecule has 1 aliphatic carbocycles. The van der Waals surface area contributed by atoms with Crippen LogP contribution in [0.2, 0.25) is 0 Å². The number of hydrogen-bond donors (Lipinski definition) is 1. The van der Waals surface area contributed by atoms with E-state index in [-0.39, 0.29) is 16.0 Å². The van der Waals surface area contributed by atoms with Crippen molar-refractivity contribution in [1.82, 2.24) is 0 Å². The summed E-state index contributed by atoms with van der Waals surface area (Å²) in [6, 6.07) is 11.0. The summed E-state index contributed by atoms with van der Waals surface area (Å²) in [4.78, 5) is 2.05. The number of anilines is 2. The molecule has 0 aromatic heterocycles. The minimum absolute atomic E-state index is 0.0110. The molecule has 8 heteroatoms. The molecule has 0 spiro atoms. The van der Waals surface area contributed by atoms with Gasteiger partial charge in [0.05, 0.1) is 21.8 Å². The maximum atomic E-state index is 13.4. The fraction of sp³-hybridized carbons (Fsp3) is 0.478. The largest absolute Gasteiger partial charge is 0.416 e. The molecule has 0 radical (unpaired) electrons. The van der Waals surface area contributed by atoms with Gasteiger partial charge in [0.15, 0.2) is 0 Å². The van der Waals surface area contributed by atoms with Crippen LogP contribution in [0.25, 0.3) is 0 Å². The molecule has 4 nitrogen and oxygen atoms in total. The minimum atomic E-state index is -4.56. The Hall–Kier alpha value is -2.22. The number of fused-ring (bicyclic) bond motifs is 1. The predicted octanol–water partition coefficient (Wildman–Crippen LogP) is 5.91. The van der Waals surface area contributed by atoms with Gasteiger partial charge < -0.3 is 4.90 Å². The Balaban J connectivity index is 1.69. The normalized spacial score (nSPS) is 24.5. The van der Waals surface area contributed by atoms with Gasteiger partial charge in [0.1, 0.15) is 0 Å². The molecule has 1 saturated heterocycles. The highest BCUT2D eigenvalue weighted by molar-refractivity contribution is 7.92. The second kappa shape index (κ2) is 8.04. The van der Waals surface area contributed by atoms with Gasteiger partial charge in [0, 0.05) is 13.1 Å². The Morgan fingerprint density at radius 2 is 1.81 bits per heavy atom. The van der Waals surface area contributed by atoms with Crippen LogP contribution in [0.4, 0.5) is 24.5 Å². The van der Waals surface area contributed by atoms with E-state index >= 15 is 0 Å². The zero-order chi connectivity index (χ0) is 22.3. The minimum Gasteiger partial charge on any atom is -0.370 e. The van der Waals surface area contributed by atoms with Gasteiger partial charge in [0.25, 0.3) is 10.0 Å². The molecule has 168 valence electrons. The summed E-state index contributed by atoms with van der Waals surface area (Å²) >= 11 is 0. The van der Waals surface area contributed by atoms with E-state index in [0.717, 1.165) is 37.9 Å². The molecule has 2 aromatic carbocycles. The van der Waals surface area contributed by atoms with Gasteiger partial charge >= 0.3 is 6.18 Å². The highest BCUT2D eigenvalue weighted by Crippen LogP contribution is 2.48. The summed E-state index contributed by atoms with van der Waals surface area (Å²) in [5, 5.41) is 0. The first kappa shape index (κ1) is 22.0. The summed E-state index contributed by atoms with van der Waals surface area (Å²) in [5.41, 5.74) is -0.149. The first-order valence-corrected chi connectivity index (χ1v) is 12.1. The second-order valence-corrected chi connectivity index (χ2v) is 10.6. The number of sulfonamides is 1. The van der Waals surface area contributed by atoms with Gasteiger partial charge in [-0.1, -0.05) is 38.0 Å². The quantitative estimate of drug-likeness (QED) is 0.627. The molecule has 0 amide bonds. The van der Waals surface area contributed by atoms with Gasteiger partial charge in [-0.2, -0.15) is 13.2 Å². The molecule has 2 aliphatic rings. The second-order valence-electron chi connectivity index (χ2n) is 8.94. The predicted molar refractivity (Wildman–Crippen MR) is 116 cm³/mol. The Bertz CT molecular complexity index is 1040. The molecule has 2 atom stereocenters. The fourth-order valence-corrected chi connectivity index (χ4v) is 6.04. The Morgan fingerprint density at radius 3 is 2.52 bits per heavy atom. The topological polar surface area (TPSA) is 49.4 Å². The van der Waals surface area contributed by atoms with Crippen molar-refractivity contribution in [2.24, 2.45) is 11.3 Å². The van der Waals surface area contributed by atoms with Gasteiger partial charge in [-0.15, -0.1) is 0 Å². The molecule has 1 aliphatic heterocycles. The molecule has 1 heterocycles. The number of halogens is 3. The number of nitrogens with zero attached hydrogens (tertiary/aromatic N) is 1. The number of benzene rings is 2. The molecule has 1 saturated carbocycles. The number of hydrogen-bond acceptors (Lipinski definition) is 3. The van der Waals surface area contributed by atoms with Crippen molar-refractivity contribution in [2.75, 3.05) is 22.7 Å². The molecule has 1 N–H and O–H groups in total. The lowest BCUT2D eigenvalue weighted by atomic mass is 9.64. The Kier molecular flexibility index (Phi) is 5.70. The first-order chi connectivity index (χ1) is 14.6. The summed E-state index contributed by atoms with van der Waals surface area (Å²) in [5.74, 6) is 0.455. The maximum Gasteiger partial charge on any atom is 0.416 e. The van der Waals surface area contributed by atoms with E-state index in [9.17, 15) is 21.6 Å². The van der Waals surface area contributed by atoms with E-state index in [1.54, 1.807) is 18.2 Å². The molecular weight excluding hydrogens is 425 g/mol. The maximum absolute atomic E-state index is 13.4. The van der Waals surface area contributed by atoms with Crippen molar-refractivity contribution in [2.45, 2.75) is 50.1 Å². The van der Waals surface area contributed by atoms with Crippen molar-refractivity contribution in [1.29, 1.82) is 0 Å². The number of nitrogens with one attached hydrogen (secondary N) is 1. The van der Waals surface area contributed by atoms with E-state index in [4.69, 9.17) is 0 Å². The SMILES string of the molecule is C[C@@]12CCCC[C@H]1CN(c1ccc(C(F)(F)F)cc1NS(=O)(=O)c1ccccc1)CC2. The van der Waals surface area contributed by atoms with Crippen LogP contribution in [0.5, 0.6) is 0 Å². The third-order valence-electron chi connectivity index (χ3n) is 6.89. The lowest BCUT2D eigenvalue weighted by Crippen LogP contribution is -2.47. The summed E-state index contributed by atoms with van der Waals surface area (Å²) in [6.45, 7) is 3.72. The molecule has 0 unspecified atom stereocenters. The van der Waals surface area contributed by atoms with Gasteiger partial charge in [0.2, 0.25) is 0 Å². The highest BCUT2D eigenvalue weighted by Gasteiger charge is 2.41.